The van der Waals surface area contributed by atoms with Gasteiger partial charge in [-0.25, -0.2) is 4.79 Å². The summed E-state index contributed by atoms with van der Waals surface area (Å²) in [7, 11) is -1.92. The first-order chi connectivity index (χ1) is 11.1. The topological polar surface area (TPSA) is 67.9 Å². The summed E-state index contributed by atoms with van der Waals surface area (Å²) in [6, 6.07) is -0.103. The number of amides is 2. The molecule has 7 heteroatoms. The molecule has 1 aliphatic rings. The van der Waals surface area contributed by atoms with Gasteiger partial charge in [0.25, 0.3) is 0 Å². The fourth-order valence-corrected chi connectivity index (χ4v) is 3.91. The summed E-state index contributed by atoms with van der Waals surface area (Å²) in [6.45, 7) is 19.0. The number of carbonyl (C=O) groups excluding carboxylic acids is 2. The van der Waals surface area contributed by atoms with Crippen molar-refractivity contribution in [3.05, 3.63) is 0 Å². The molecular formula is C18H36N2O4Si. The van der Waals surface area contributed by atoms with Gasteiger partial charge in [0.1, 0.15) is 5.60 Å². The lowest BCUT2D eigenvalue weighted by atomic mass is 10.2. The van der Waals surface area contributed by atoms with Gasteiger partial charge in [-0.05, 0) is 45.3 Å². The molecule has 0 aromatic heterocycles. The lowest BCUT2D eigenvalue weighted by Crippen LogP contribution is -2.46. The van der Waals surface area contributed by atoms with Gasteiger partial charge in [0.15, 0.2) is 8.32 Å². The van der Waals surface area contributed by atoms with Crippen LogP contribution in [0.25, 0.3) is 0 Å². The highest BCUT2D eigenvalue weighted by atomic mass is 28.4. The van der Waals surface area contributed by atoms with Crippen molar-refractivity contribution in [1.82, 2.24) is 10.2 Å². The Morgan fingerprint density at radius 3 is 2.16 bits per heavy atom. The number of likely N-dealkylation sites (tertiary alicyclic amines) is 1. The van der Waals surface area contributed by atoms with Crippen LogP contribution < -0.4 is 5.32 Å². The summed E-state index contributed by atoms with van der Waals surface area (Å²) in [5, 5.41) is 2.93. The standard InChI is InChI=1S/C18H36N2O4Si/c1-13(21)19-11-14-10-15(24-25(8,9)18(5,6)7)12-20(14)16(22)23-17(2,3)4/h14-15H,10-12H2,1-9H3,(H,19,21)/t14-,15+/m0/s1. The van der Waals surface area contributed by atoms with Gasteiger partial charge in [0.05, 0.1) is 12.1 Å². The molecule has 6 nitrogen and oxygen atoms in total. The Bertz CT molecular complexity index is 494. The molecule has 1 rings (SSSR count). The van der Waals surface area contributed by atoms with Gasteiger partial charge in [-0.1, -0.05) is 20.8 Å². The number of ether oxygens (including phenoxy) is 1. The molecule has 0 bridgehead atoms. The molecule has 2 amide bonds. The van der Waals surface area contributed by atoms with E-state index >= 15 is 0 Å². The molecule has 0 saturated carbocycles. The van der Waals surface area contributed by atoms with Crippen molar-refractivity contribution in [3.8, 4) is 0 Å². The molecule has 0 unspecified atom stereocenters. The van der Waals surface area contributed by atoms with E-state index in [0.717, 1.165) is 0 Å². The van der Waals surface area contributed by atoms with Crippen LogP contribution in [0.15, 0.2) is 0 Å². The summed E-state index contributed by atoms with van der Waals surface area (Å²) in [4.78, 5) is 25.6. The van der Waals surface area contributed by atoms with Crippen LogP contribution in [0.3, 0.4) is 0 Å². The van der Waals surface area contributed by atoms with Crippen molar-refractivity contribution >= 4 is 20.3 Å². The fourth-order valence-electron chi connectivity index (χ4n) is 2.55. The van der Waals surface area contributed by atoms with E-state index in [9.17, 15) is 9.59 Å². The van der Waals surface area contributed by atoms with Crippen molar-refractivity contribution in [1.29, 1.82) is 0 Å². The number of nitrogens with one attached hydrogen (secondary N) is 1. The van der Waals surface area contributed by atoms with E-state index < -0.39 is 13.9 Å². The van der Waals surface area contributed by atoms with Gasteiger partial charge in [0.2, 0.25) is 5.91 Å². The van der Waals surface area contributed by atoms with Crippen molar-refractivity contribution in [2.45, 2.75) is 90.8 Å². The van der Waals surface area contributed by atoms with Gasteiger partial charge in [-0.2, -0.15) is 0 Å². The summed E-state index contributed by atoms with van der Waals surface area (Å²) in [5.74, 6) is -0.0992. The van der Waals surface area contributed by atoms with Crippen LogP contribution in [0.2, 0.25) is 18.1 Å². The molecule has 0 aromatic rings. The molecule has 146 valence electrons. The predicted octanol–water partition coefficient (Wildman–Crippen LogP) is 3.52. The quantitative estimate of drug-likeness (QED) is 0.767. The molecule has 0 aromatic carbocycles. The Morgan fingerprint density at radius 1 is 1.16 bits per heavy atom. The van der Waals surface area contributed by atoms with Crippen molar-refractivity contribution in [3.63, 3.8) is 0 Å². The fraction of sp³-hybridized carbons (Fsp3) is 0.889. The normalized spacial score (nSPS) is 22.0. The van der Waals surface area contributed by atoms with Crippen LogP contribution >= 0.6 is 0 Å². The largest absolute Gasteiger partial charge is 0.444 e. The van der Waals surface area contributed by atoms with Gasteiger partial charge in [0, 0.05) is 20.0 Å². The first kappa shape index (κ1) is 22.0. The Kier molecular flexibility index (Phi) is 6.73. The molecule has 1 N–H and O–H groups in total. The third-order valence-corrected chi connectivity index (χ3v) is 9.39. The maximum atomic E-state index is 12.6. The van der Waals surface area contributed by atoms with Gasteiger partial charge >= 0.3 is 6.09 Å². The maximum absolute atomic E-state index is 12.6. The van der Waals surface area contributed by atoms with E-state index in [1.807, 2.05) is 20.8 Å². The summed E-state index contributed by atoms with van der Waals surface area (Å²) >= 11 is 0. The molecule has 2 atom stereocenters. The smallest absolute Gasteiger partial charge is 0.410 e. The van der Waals surface area contributed by atoms with Crippen LogP contribution in [-0.4, -0.2) is 56.1 Å². The van der Waals surface area contributed by atoms with E-state index in [0.29, 0.717) is 19.5 Å². The minimum Gasteiger partial charge on any atom is -0.444 e. The average Bonchev–Trinajstić information content (AvgIpc) is 2.75. The third-order valence-electron chi connectivity index (χ3n) is 4.86. The summed E-state index contributed by atoms with van der Waals surface area (Å²) < 4.78 is 12.0. The van der Waals surface area contributed by atoms with Crippen LogP contribution in [-0.2, 0) is 14.0 Å². The molecular weight excluding hydrogens is 336 g/mol. The molecule has 1 saturated heterocycles. The second-order valence-corrected chi connectivity index (χ2v) is 14.2. The zero-order chi connectivity index (χ0) is 19.6. The Balaban J connectivity index is 2.86. The van der Waals surface area contributed by atoms with E-state index in [-0.39, 0.29) is 29.2 Å². The van der Waals surface area contributed by atoms with Crippen LogP contribution in [0.1, 0.15) is 54.9 Å². The first-order valence-electron chi connectivity index (χ1n) is 9.04. The molecule has 1 aliphatic heterocycles. The van der Waals surface area contributed by atoms with E-state index in [1.54, 1.807) is 4.90 Å². The molecule has 25 heavy (non-hydrogen) atoms. The Labute approximate surface area is 153 Å². The van der Waals surface area contributed by atoms with Gasteiger partial charge in [-0.3, -0.25) is 4.79 Å². The van der Waals surface area contributed by atoms with Crippen LogP contribution in [0, 0.1) is 0 Å². The van der Waals surface area contributed by atoms with Gasteiger partial charge in [-0.15, -0.1) is 0 Å². The number of rotatable bonds is 4. The zero-order valence-corrected chi connectivity index (χ0v) is 18.4. The highest BCUT2D eigenvalue weighted by molar-refractivity contribution is 6.74. The van der Waals surface area contributed by atoms with E-state index in [2.05, 4.69) is 39.2 Å². The highest BCUT2D eigenvalue weighted by Crippen LogP contribution is 2.39. The third kappa shape index (κ3) is 6.62. The monoisotopic (exact) mass is 372 g/mol. The summed E-state index contributed by atoms with van der Waals surface area (Å²) in [5.41, 5.74) is -0.548. The molecule has 0 spiro atoms. The Morgan fingerprint density at radius 2 is 1.72 bits per heavy atom. The number of hydrogen-bond acceptors (Lipinski definition) is 4. The lowest BCUT2D eigenvalue weighted by molar-refractivity contribution is -0.119. The molecule has 1 fully saturated rings. The van der Waals surface area contributed by atoms with E-state index in [4.69, 9.17) is 9.16 Å². The average molecular weight is 373 g/mol. The van der Waals surface area contributed by atoms with Gasteiger partial charge < -0.3 is 19.4 Å². The van der Waals surface area contributed by atoms with Crippen molar-refractivity contribution in [2.75, 3.05) is 13.1 Å². The minimum atomic E-state index is -1.92. The second-order valence-electron chi connectivity index (χ2n) is 9.46. The predicted molar refractivity (Wildman–Crippen MR) is 102 cm³/mol. The van der Waals surface area contributed by atoms with Crippen molar-refractivity contribution < 1.29 is 18.8 Å². The number of hydrogen-bond donors (Lipinski definition) is 1. The highest BCUT2D eigenvalue weighted by Gasteiger charge is 2.44. The molecule has 0 aliphatic carbocycles. The van der Waals surface area contributed by atoms with Crippen LogP contribution in [0.4, 0.5) is 4.79 Å². The SMILES string of the molecule is CC(=O)NC[C@@H]1C[C@@H](O[Si](C)(C)C(C)(C)C)CN1C(=O)OC(C)(C)C. The maximum Gasteiger partial charge on any atom is 0.410 e. The number of carbonyl (C=O) groups is 2. The molecule has 0 radical (unpaired) electrons. The van der Waals surface area contributed by atoms with Crippen LogP contribution in [0.5, 0.6) is 0 Å². The Hall–Kier alpha value is -1.08. The first-order valence-corrected chi connectivity index (χ1v) is 11.9. The summed E-state index contributed by atoms with van der Waals surface area (Å²) in [6.07, 6.45) is 0.350. The van der Waals surface area contributed by atoms with E-state index in [1.165, 1.54) is 6.92 Å². The lowest BCUT2D eigenvalue weighted by Gasteiger charge is -2.38. The second kappa shape index (κ2) is 7.66. The van der Waals surface area contributed by atoms with Crippen molar-refractivity contribution in [2.24, 2.45) is 0 Å². The zero-order valence-electron chi connectivity index (χ0n) is 17.4. The number of nitrogens with zero attached hydrogens (tertiary/aromatic N) is 1. The molecule has 1 heterocycles. The minimum absolute atomic E-state index is 0.0211.